The molecule has 0 aliphatic rings. The van der Waals surface area contributed by atoms with Gasteiger partial charge in [0.1, 0.15) is 22.5 Å². The average Bonchev–Trinajstić information content (AvgIpc) is 3.08. The average molecular weight is 435 g/mol. The molecular formula is C22H24F3N3O3. The molecule has 31 heavy (non-hydrogen) atoms. The molecule has 6 nitrogen and oxygen atoms in total. The van der Waals surface area contributed by atoms with Crippen molar-refractivity contribution >= 4 is 17.0 Å². The van der Waals surface area contributed by atoms with Crippen LogP contribution in [0.25, 0.3) is 16.7 Å². The third-order valence-corrected chi connectivity index (χ3v) is 4.80. The molecule has 1 aromatic heterocycles. The van der Waals surface area contributed by atoms with E-state index in [0.717, 1.165) is 22.5 Å². The molecular weight excluding hydrogens is 411 g/mol. The predicted octanol–water partition coefficient (Wildman–Crippen LogP) is 4.94. The summed E-state index contributed by atoms with van der Waals surface area (Å²) in [7, 11) is 0. The van der Waals surface area contributed by atoms with Crippen LogP contribution < -0.4 is 0 Å². The Bertz CT molecular complexity index is 1110. The van der Waals surface area contributed by atoms with E-state index in [2.05, 4.69) is 10.2 Å². The lowest BCUT2D eigenvalue weighted by atomic mass is 9.84. The first-order chi connectivity index (χ1) is 14.4. The maximum atomic E-state index is 13.0. The number of nitrogens with zero attached hydrogens (tertiary/aromatic N) is 3. The molecule has 2 aromatic carbocycles. The zero-order valence-corrected chi connectivity index (χ0v) is 17.7. The minimum Gasteiger partial charge on any atom is -0.505 e. The molecule has 3 rings (SSSR count). The van der Waals surface area contributed by atoms with Gasteiger partial charge in [0.05, 0.1) is 12.2 Å². The quantitative estimate of drug-likeness (QED) is 0.575. The first-order valence-electron chi connectivity index (χ1n) is 9.87. The van der Waals surface area contributed by atoms with Crippen LogP contribution in [0.2, 0.25) is 0 Å². The molecule has 0 saturated heterocycles. The first kappa shape index (κ1) is 22.6. The lowest BCUT2D eigenvalue weighted by Gasteiger charge is -2.23. The van der Waals surface area contributed by atoms with Gasteiger partial charge in [0.2, 0.25) is 0 Å². The van der Waals surface area contributed by atoms with Crippen LogP contribution in [0.1, 0.15) is 50.8 Å². The fourth-order valence-corrected chi connectivity index (χ4v) is 3.22. The van der Waals surface area contributed by atoms with Crippen LogP contribution in [0, 0.1) is 0 Å². The summed E-state index contributed by atoms with van der Waals surface area (Å²) in [6.45, 7) is 7.78. The molecule has 0 radical (unpaired) electrons. The molecule has 0 aliphatic heterocycles. The smallest absolute Gasteiger partial charge is 0.416 e. The number of carbonyl (C=O) groups excluding carboxylic acids is 1. The van der Waals surface area contributed by atoms with Crippen LogP contribution in [-0.2, 0) is 27.5 Å². The van der Waals surface area contributed by atoms with E-state index in [1.165, 1.54) is 6.07 Å². The largest absolute Gasteiger partial charge is 0.505 e. The van der Waals surface area contributed by atoms with Crippen molar-refractivity contribution in [1.82, 2.24) is 15.0 Å². The molecule has 0 amide bonds. The van der Waals surface area contributed by atoms with Gasteiger partial charge < -0.3 is 9.84 Å². The minimum absolute atomic E-state index is 0.0588. The van der Waals surface area contributed by atoms with Gasteiger partial charge in [-0.1, -0.05) is 26.8 Å². The molecule has 0 atom stereocenters. The SMILES string of the molecule is CCOC(=O)CCc1cc(-n2nc3ccc(C(F)(F)F)cc3n2)c(O)c(C(C)(C)C)c1. The topological polar surface area (TPSA) is 77.2 Å². The van der Waals surface area contributed by atoms with Gasteiger partial charge in [0, 0.05) is 12.0 Å². The van der Waals surface area contributed by atoms with Crippen molar-refractivity contribution in [2.24, 2.45) is 0 Å². The van der Waals surface area contributed by atoms with Gasteiger partial charge in [-0.25, -0.2) is 0 Å². The molecule has 0 saturated carbocycles. The van der Waals surface area contributed by atoms with E-state index in [4.69, 9.17) is 4.74 Å². The van der Waals surface area contributed by atoms with E-state index in [9.17, 15) is 23.1 Å². The summed E-state index contributed by atoms with van der Waals surface area (Å²) < 4.78 is 44.0. The van der Waals surface area contributed by atoms with E-state index in [0.29, 0.717) is 12.0 Å². The molecule has 0 spiro atoms. The number of aromatic nitrogens is 3. The van der Waals surface area contributed by atoms with Crippen molar-refractivity contribution in [2.45, 2.75) is 52.1 Å². The van der Waals surface area contributed by atoms with E-state index >= 15 is 0 Å². The fraction of sp³-hybridized carbons (Fsp3) is 0.409. The number of ether oxygens (including phenoxy) is 1. The second-order valence-corrected chi connectivity index (χ2v) is 8.26. The third kappa shape index (κ3) is 4.98. The molecule has 0 bridgehead atoms. The summed E-state index contributed by atoms with van der Waals surface area (Å²) in [5, 5.41) is 19.3. The van der Waals surface area contributed by atoms with Crippen molar-refractivity contribution in [3.05, 3.63) is 47.0 Å². The van der Waals surface area contributed by atoms with Crippen LogP contribution in [0.5, 0.6) is 5.75 Å². The van der Waals surface area contributed by atoms with Crippen molar-refractivity contribution in [1.29, 1.82) is 0 Å². The lowest BCUT2D eigenvalue weighted by molar-refractivity contribution is -0.143. The van der Waals surface area contributed by atoms with Crippen molar-refractivity contribution in [2.75, 3.05) is 6.61 Å². The molecule has 3 aromatic rings. The molecule has 166 valence electrons. The number of carbonyl (C=O) groups is 1. The van der Waals surface area contributed by atoms with E-state index in [-0.39, 0.29) is 41.5 Å². The number of phenols is 1. The monoisotopic (exact) mass is 435 g/mol. The summed E-state index contributed by atoms with van der Waals surface area (Å²) >= 11 is 0. The second kappa shape index (κ2) is 8.20. The Kier molecular flexibility index (Phi) is 5.98. The number of esters is 1. The van der Waals surface area contributed by atoms with Gasteiger partial charge in [-0.15, -0.1) is 15.0 Å². The molecule has 0 unspecified atom stereocenters. The number of fused-ring (bicyclic) bond motifs is 1. The number of aromatic hydroxyl groups is 1. The Morgan fingerprint density at radius 3 is 2.39 bits per heavy atom. The highest BCUT2D eigenvalue weighted by Crippen LogP contribution is 2.37. The van der Waals surface area contributed by atoms with Crippen molar-refractivity contribution in [3.8, 4) is 11.4 Å². The number of hydrogen-bond donors (Lipinski definition) is 1. The third-order valence-electron chi connectivity index (χ3n) is 4.80. The van der Waals surface area contributed by atoms with Gasteiger partial charge >= 0.3 is 12.1 Å². The molecule has 1 N–H and O–H groups in total. The number of aryl methyl sites for hydroxylation is 1. The summed E-state index contributed by atoms with van der Waals surface area (Å²) in [4.78, 5) is 12.9. The molecule has 0 fully saturated rings. The van der Waals surface area contributed by atoms with Gasteiger partial charge in [-0.05, 0) is 48.6 Å². The molecule has 0 aliphatic carbocycles. The molecule has 9 heteroatoms. The van der Waals surface area contributed by atoms with Crippen LogP contribution >= 0.6 is 0 Å². The highest BCUT2D eigenvalue weighted by molar-refractivity contribution is 5.75. The second-order valence-electron chi connectivity index (χ2n) is 8.26. The fourth-order valence-electron chi connectivity index (χ4n) is 3.22. The Morgan fingerprint density at radius 1 is 1.10 bits per heavy atom. The van der Waals surface area contributed by atoms with Crippen molar-refractivity contribution in [3.63, 3.8) is 0 Å². The van der Waals surface area contributed by atoms with Gasteiger partial charge in [-0.2, -0.15) is 13.2 Å². The highest BCUT2D eigenvalue weighted by Gasteiger charge is 2.31. The van der Waals surface area contributed by atoms with Crippen LogP contribution in [-0.4, -0.2) is 32.7 Å². The Balaban J connectivity index is 2.08. The van der Waals surface area contributed by atoms with Gasteiger partial charge in [0.25, 0.3) is 0 Å². The van der Waals surface area contributed by atoms with Gasteiger partial charge in [0.15, 0.2) is 0 Å². The minimum atomic E-state index is -4.49. The number of rotatable bonds is 5. The summed E-state index contributed by atoms with van der Waals surface area (Å²) in [6, 6.07) is 6.55. The lowest BCUT2D eigenvalue weighted by Crippen LogP contribution is -2.14. The van der Waals surface area contributed by atoms with E-state index in [1.54, 1.807) is 13.0 Å². The van der Waals surface area contributed by atoms with Crippen LogP contribution in [0.3, 0.4) is 0 Å². The standard InChI is InChI=1S/C22H24F3N3O3/c1-5-31-19(29)9-6-13-10-15(21(2,3)4)20(30)18(11-13)28-26-16-8-7-14(22(23,24)25)12-17(16)27-28/h7-8,10-12,30H,5-6,9H2,1-4H3. The van der Waals surface area contributed by atoms with E-state index in [1.807, 2.05) is 26.8 Å². The van der Waals surface area contributed by atoms with E-state index < -0.39 is 17.2 Å². The van der Waals surface area contributed by atoms with Gasteiger partial charge in [-0.3, -0.25) is 4.79 Å². The number of phenolic OH excluding ortho intramolecular Hbond substituents is 1. The summed E-state index contributed by atoms with van der Waals surface area (Å²) in [5.41, 5.74) is 0.662. The predicted molar refractivity (Wildman–Crippen MR) is 109 cm³/mol. The van der Waals surface area contributed by atoms with Crippen molar-refractivity contribution < 1.29 is 27.8 Å². The number of halogens is 3. The maximum Gasteiger partial charge on any atom is 0.416 e. The number of benzene rings is 2. The highest BCUT2D eigenvalue weighted by atomic mass is 19.4. The number of alkyl halides is 3. The Labute approximate surface area is 177 Å². The summed E-state index contributed by atoms with van der Waals surface area (Å²) in [5.74, 6) is -0.402. The number of hydrogen-bond acceptors (Lipinski definition) is 5. The Hall–Kier alpha value is -3.10. The molecule has 1 heterocycles. The van der Waals surface area contributed by atoms with Crippen LogP contribution in [0.4, 0.5) is 13.2 Å². The zero-order valence-electron chi connectivity index (χ0n) is 17.7. The normalized spacial score (nSPS) is 12.4. The Morgan fingerprint density at radius 2 is 1.77 bits per heavy atom. The zero-order chi connectivity index (χ0) is 23.0. The summed E-state index contributed by atoms with van der Waals surface area (Å²) in [6.07, 6.45) is -3.97. The van der Waals surface area contributed by atoms with Crippen LogP contribution in [0.15, 0.2) is 30.3 Å². The maximum absolute atomic E-state index is 13.0. The first-order valence-corrected chi connectivity index (χ1v) is 9.87.